The van der Waals surface area contributed by atoms with E-state index in [9.17, 15) is 14.4 Å². The molecule has 0 fully saturated rings. The average molecular weight is 287 g/mol. The maximum absolute atomic E-state index is 11.7. The fraction of sp³-hybridized carbons (Fsp3) is 0.769. The predicted molar refractivity (Wildman–Crippen MR) is 74.9 cm³/mol. The number of nitrogens with one attached hydrogen (secondary N) is 2. The van der Waals surface area contributed by atoms with Crippen LogP contribution < -0.4 is 16.4 Å². The van der Waals surface area contributed by atoms with Gasteiger partial charge in [-0.2, -0.15) is 0 Å². The van der Waals surface area contributed by atoms with Gasteiger partial charge in [-0.15, -0.1) is 0 Å². The van der Waals surface area contributed by atoms with Crippen molar-refractivity contribution in [3.8, 4) is 0 Å². The summed E-state index contributed by atoms with van der Waals surface area (Å²) >= 11 is 0. The molecule has 20 heavy (non-hydrogen) atoms. The van der Waals surface area contributed by atoms with Gasteiger partial charge in [0.2, 0.25) is 11.8 Å². The van der Waals surface area contributed by atoms with Crippen molar-refractivity contribution in [2.75, 3.05) is 6.54 Å². The van der Waals surface area contributed by atoms with Gasteiger partial charge in [0.1, 0.15) is 6.04 Å². The van der Waals surface area contributed by atoms with E-state index in [-0.39, 0.29) is 11.8 Å². The van der Waals surface area contributed by atoms with Crippen molar-refractivity contribution >= 4 is 17.8 Å². The highest BCUT2D eigenvalue weighted by Crippen LogP contribution is 2.04. The normalized spacial score (nSPS) is 13.7. The Balaban J connectivity index is 4.14. The summed E-state index contributed by atoms with van der Waals surface area (Å²) in [6.07, 6.45) is 1.56. The number of carbonyl (C=O) groups is 3. The monoisotopic (exact) mass is 287 g/mol. The molecule has 0 aromatic heterocycles. The van der Waals surface area contributed by atoms with Crippen LogP contribution in [0.1, 0.15) is 40.0 Å². The van der Waals surface area contributed by atoms with E-state index in [1.54, 1.807) is 13.8 Å². The van der Waals surface area contributed by atoms with Crippen molar-refractivity contribution in [3.05, 3.63) is 0 Å². The van der Waals surface area contributed by atoms with Gasteiger partial charge in [-0.25, -0.2) is 4.79 Å². The molecule has 1 unspecified atom stereocenters. The van der Waals surface area contributed by atoms with Gasteiger partial charge >= 0.3 is 5.97 Å². The number of unbranched alkanes of at least 4 members (excludes halogenated alkanes) is 1. The lowest BCUT2D eigenvalue weighted by molar-refractivity contribution is -0.142. The molecule has 0 saturated carbocycles. The average Bonchev–Trinajstić information content (AvgIpc) is 2.34. The predicted octanol–water partition coefficient (Wildman–Crippen LogP) is -0.154. The van der Waals surface area contributed by atoms with Crippen molar-refractivity contribution in [3.63, 3.8) is 0 Å². The topological polar surface area (TPSA) is 122 Å². The molecule has 0 saturated heterocycles. The number of carboxylic acid groups (broad SMARTS) is 1. The van der Waals surface area contributed by atoms with E-state index in [0.717, 1.165) is 0 Å². The smallest absolute Gasteiger partial charge is 0.326 e. The molecule has 0 radical (unpaired) electrons. The summed E-state index contributed by atoms with van der Waals surface area (Å²) in [4.78, 5) is 33.5. The second kappa shape index (κ2) is 9.30. The van der Waals surface area contributed by atoms with E-state index < -0.39 is 24.0 Å². The number of hydrogen-bond acceptors (Lipinski definition) is 4. The van der Waals surface area contributed by atoms with Crippen molar-refractivity contribution in [1.82, 2.24) is 10.6 Å². The van der Waals surface area contributed by atoms with Crippen LogP contribution >= 0.6 is 0 Å². The molecular formula is C13H25N3O4. The Labute approximate surface area is 119 Å². The summed E-state index contributed by atoms with van der Waals surface area (Å²) in [6, 6.07) is -1.65. The number of hydrogen-bond donors (Lipinski definition) is 4. The Morgan fingerprint density at radius 3 is 2.25 bits per heavy atom. The number of rotatable bonds is 9. The van der Waals surface area contributed by atoms with Gasteiger partial charge in [0, 0.05) is 13.5 Å². The van der Waals surface area contributed by atoms with Crippen LogP contribution in [-0.4, -0.2) is 41.5 Å². The first-order valence-corrected chi connectivity index (χ1v) is 6.79. The molecular weight excluding hydrogens is 262 g/mol. The second-order valence-electron chi connectivity index (χ2n) is 5.15. The molecule has 0 aromatic carbocycles. The van der Waals surface area contributed by atoms with E-state index in [1.165, 1.54) is 6.92 Å². The maximum atomic E-state index is 11.7. The lowest BCUT2D eigenvalue weighted by atomic mass is 10.0. The Hall–Kier alpha value is -1.63. The van der Waals surface area contributed by atoms with Gasteiger partial charge in [-0.3, -0.25) is 9.59 Å². The Bertz CT molecular complexity index is 345. The molecule has 5 N–H and O–H groups in total. The largest absolute Gasteiger partial charge is 0.480 e. The van der Waals surface area contributed by atoms with Crippen molar-refractivity contribution in [2.45, 2.75) is 52.1 Å². The van der Waals surface area contributed by atoms with Gasteiger partial charge in [-0.05, 0) is 25.2 Å². The fourth-order valence-electron chi connectivity index (χ4n) is 1.57. The first-order valence-electron chi connectivity index (χ1n) is 6.79. The Kier molecular flexibility index (Phi) is 8.54. The highest BCUT2D eigenvalue weighted by molar-refractivity contribution is 5.86. The zero-order valence-electron chi connectivity index (χ0n) is 12.3. The van der Waals surface area contributed by atoms with Gasteiger partial charge in [0.15, 0.2) is 0 Å². The number of aliphatic carboxylic acids is 1. The molecule has 7 heteroatoms. The number of amides is 2. The summed E-state index contributed by atoms with van der Waals surface area (Å²) in [7, 11) is 0. The van der Waals surface area contributed by atoms with Crippen molar-refractivity contribution in [2.24, 2.45) is 11.7 Å². The lowest BCUT2D eigenvalue weighted by Gasteiger charge is -2.19. The molecule has 7 nitrogen and oxygen atoms in total. The molecule has 0 aromatic rings. The molecule has 0 heterocycles. The van der Waals surface area contributed by atoms with E-state index in [1.807, 2.05) is 0 Å². The summed E-state index contributed by atoms with van der Waals surface area (Å²) in [5.41, 5.74) is 5.67. The minimum atomic E-state index is -1.08. The molecule has 0 rings (SSSR count). The summed E-state index contributed by atoms with van der Waals surface area (Å²) in [6.45, 7) is 5.52. The molecule has 0 aliphatic rings. The van der Waals surface area contributed by atoms with E-state index in [0.29, 0.717) is 25.8 Å². The zero-order chi connectivity index (χ0) is 15.7. The first-order chi connectivity index (χ1) is 9.25. The third-order valence-corrected chi connectivity index (χ3v) is 2.93. The van der Waals surface area contributed by atoms with Gasteiger partial charge in [0.05, 0.1) is 6.04 Å². The third-order valence-electron chi connectivity index (χ3n) is 2.93. The molecule has 0 bridgehead atoms. The minimum absolute atomic E-state index is 0.0517. The van der Waals surface area contributed by atoms with Crippen LogP contribution in [0.2, 0.25) is 0 Å². The Morgan fingerprint density at radius 2 is 1.80 bits per heavy atom. The SMILES string of the molecule is CC(=O)NCCCC[C@H](NC(=O)C(N)C(C)C)C(=O)O. The molecule has 0 aliphatic carbocycles. The maximum Gasteiger partial charge on any atom is 0.326 e. The third kappa shape index (κ3) is 7.73. The van der Waals surface area contributed by atoms with E-state index >= 15 is 0 Å². The number of carboxylic acids is 1. The van der Waals surface area contributed by atoms with Gasteiger partial charge < -0.3 is 21.5 Å². The quantitative estimate of drug-likeness (QED) is 0.439. The van der Waals surface area contributed by atoms with E-state index in [4.69, 9.17) is 10.8 Å². The van der Waals surface area contributed by atoms with Crippen molar-refractivity contribution < 1.29 is 19.5 Å². The highest BCUT2D eigenvalue weighted by Gasteiger charge is 2.24. The van der Waals surface area contributed by atoms with Gasteiger partial charge in [-0.1, -0.05) is 13.8 Å². The van der Waals surface area contributed by atoms with Gasteiger partial charge in [0.25, 0.3) is 0 Å². The second-order valence-corrected chi connectivity index (χ2v) is 5.15. The van der Waals surface area contributed by atoms with Crippen molar-refractivity contribution in [1.29, 1.82) is 0 Å². The van der Waals surface area contributed by atoms with Crippen LogP contribution in [0.4, 0.5) is 0 Å². The molecule has 0 aliphatic heterocycles. The fourth-order valence-corrected chi connectivity index (χ4v) is 1.57. The van der Waals surface area contributed by atoms with Crippen LogP contribution in [0.15, 0.2) is 0 Å². The molecule has 116 valence electrons. The number of carbonyl (C=O) groups excluding carboxylic acids is 2. The zero-order valence-corrected chi connectivity index (χ0v) is 12.3. The summed E-state index contributed by atoms with van der Waals surface area (Å²) in [5.74, 6) is -1.69. The van der Waals surface area contributed by atoms with Crippen LogP contribution in [0.25, 0.3) is 0 Å². The summed E-state index contributed by atoms with van der Waals surface area (Å²) < 4.78 is 0. The highest BCUT2D eigenvalue weighted by atomic mass is 16.4. The minimum Gasteiger partial charge on any atom is -0.480 e. The van der Waals surface area contributed by atoms with Crippen LogP contribution in [0, 0.1) is 5.92 Å². The lowest BCUT2D eigenvalue weighted by Crippen LogP contribution is -2.50. The molecule has 2 amide bonds. The Morgan fingerprint density at radius 1 is 1.20 bits per heavy atom. The summed E-state index contributed by atoms with van der Waals surface area (Å²) in [5, 5.41) is 14.1. The first kappa shape index (κ1) is 18.4. The number of nitrogens with two attached hydrogens (primary N) is 1. The van der Waals surface area contributed by atoms with Crippen LogP contribution in [0.3, 0.4) is 0 Å². The molecule has 2 atom stereocenters. The van der Waals surface area contributed by atoms with E-state index in [2.05, 4.69) is 10.6 Å². The van der Waals surface area contributed by atoms with Crippen LogP contribution in [-0.2, 0) is 14.4 Å². The van der Waals surface area contributed by atoms with Crippen LogP contribution in [0.5, 0.6) is 0 Å². The molecule has 0 spiro atoms. The standard InChI is InChI=1S/C13H25N3O4/c1-8(2)11(14)12(18)16-10(13(19)20)6-4-5-7-15-9(3)17/h8,10-11H,4-7,14H2,1-3H3,(H,15,17)(H,16,18)(H,19,20)/t10-,11?/m0/s1.